The number of aromatic nitrogens is 1. The van der Waals surface area contributed by atoms with Gasteiger partial charge in [0.25, 0.3) is 0 Å². The van der Waals surface area contributed by atoms with Crippen LogP contribution in [0.15, 0.2) is 71.6 Å². The van der Waals surface area contributed by atoms with E-state index >= 15 is 0 Å². The first-order valence-corrected chi connectivity index (χ1v) is 15.3. The van der Waals surface area contributed by atoms with Gasteiger partial charge in [-0.25, -0.2) is 10.0 Å². The molecular weight excluding hydrogens is 446 g/mol. The highest BCUT2D eigenvalue weighted by Gasteiger charge is 2.36. The van der Waals surface area contributed by atoms with Gasteiger partial charge in [-0.05, 0) is 74.1 Å². The van der Waals surface area contributed by atoms with Gasteiger partial charge in [-0.1, -0.05) is 62.7 Å². The molecule has 0 saturated carbocycles. The van der Waals surface area contributed by atoms with Crippen LogP contribution in [-0.2, 0) is 6.54 Å². The lowest BCUT2D eigenvalue weighted by atomic mass is 10.1. The van der Waals surface area contributed by atoms with E-state index in [1.54, 1.807) is 0 Å². The molecule has 5 rings (SSSR count). The Bertz CT molecular complexity index is 1370. The monoisotopic (exact) mass is 485 g/mol. The molecule has 0 aliphatic carbocycles. The highest BCUT2D eigenvalue weighted by atomic mass is 32.3. The molecule has 0 bridgehead atoms. The zero-order valence-electron chi connectivity index (χ0n) is 21.9. The third-order valence-electron chi connectivity index (χ3n) is 7.68. The predicted octanol–water partition coefficient (Wildman–Crippen LogP) is 9.32. The van der Waals surface area contributed by atoms with Crippen molar-refractivity contribution in [3.63, 3.8) is 0 Å². The van der Waals surface area contributed by atoms with E-state index in [9.17, 15) is 0 Å². The van der Waals surface area contributed by atoms with Gasteiger partial charge >= 0.3 is 0 Å². The van der Waals surface area contributed by atoms with Crippen LogP contribution >= 0.6 is 10.0 Å². The molecule has 1 fully saturated rings. The summed E-state index contributed by atoms with van der Waals surface area (Å²) >= 11 is 0. The average molecular weight is 486 g/mol. The summed E-state index contributed by atoms with van der Waals surface area (Å²) in [6, 6.07) is 22.4. The molecular formula is C32H39NOS. The molecule has 3 heteroatoms. The Hall–Kier alpha value is -2.65. The van der Waals surface area contributed by atoms with E-state index in [0.29, 0.717) is 5.25 Å². The lowest BCUT2D eigenvalue weighted by Gasteiger charge is -2.41. The number of nitrogens with zero attached hydrogens (tertiary/aromatic N) is 1. The number of hydrogen-bond donors (Lipinski definition) is 0. The Kier molecular flexibility index (Phi) is 6.72. The second-order valence-electron chi connectivity index (χ2n) is 10.1. The first-order valence-electron chi connectivity index (χ1n) is 13.3. The molecule has 0 N–H and O–H groups in total. The summed E-state index contributed by atoms with van der Waals surface area (Å²) in [5.74, 6) is 4.67. The molecule has 0 radical (unpaired) electrons. The van der Waals surface area contributed by atoms with Gasteiger partial charge in [0.1, 0.15) is 11.5 Å². The van der Waals surface area contributed by atoms with Crippen LogP contribution in [0.2, 0.25) is 0 Å². The summed E-state index contributed by atoms with van der Waals surface area (Å²) in [5.41, 5.74) is 5.07. The van der Waals surface area contributed by atoms with Gasteiger partial charge in [0.2, 0.25) is 0 Å². The minimum absolute atomic E-state index is 0.640. The average Bonchev–Trinajstić information content (AvgIpc) is 3.47. The molecule has 3 aromatic carbocycles. The van der Waals surface area contributed by atoms with E-state index in [-0.39, 0.29) is 0 Å². The quantitative estimate of drug-likeness (QED) is 0.238. The second kappa shape index (κ2) is 9.78. The molecule has 35 heavy (non-hydrogen) atoms. The van der Waals surface area contributed by atoms with Crippen molar-refractivity contribution in [2.75, 3.05) is 11.5 Å². The molecule has 1 aliphatic rings. The normalized spacial score (nSPS) is 16.9. The molecule has 2 heterocycles. The van der Waals surface area contributed by atoms with Crippen molar-refractivity contribution >= 4 is 37.6 Å². The number of hydrogen-bond acceptors (Lipinski definition) is 1. The zero-order chi connectivity index (χ0) is 24.6. The van der Waals surface area contributed by atoms with Crippen LogP contribution in [0.5, 0.6) is 5.75 Å². The number of fused-ring (bicyclic) bond motifs is 3. The van der Waals surface area contributed by atoms with Crippen LogP contribution in [0, 0.1) is 6.92 Å². The Morgan fingerprint density at radius 2 is 1.66 bits per heavy atom. The van der Waals surface area contributed by atoms with Crippen molar-refractivity contribution in [3.8, 4) is 5.75 Å². The molecule has 1 saturated heterocycles. The van der Waals surface area contributed by atoms with Crippen LogP contribution in [0.25, 0.3) is 27.6 Å². The van der Waals surface area contributed by atoms with Gasteiger partial charge in [0.15, 0.2) is 0 Å². The number of benzene rings is 3. The van der Waals surface area contributed by atoms with E-state index in [4.69, 9.17) is 4.74 Å². The van der Waals surface area contributed by atoms with Crippen LogP contribution in [0.4, 0.5) is 0 Å². The van der Waals surface area contributed by atoms with Crippen LogP contribution in [0.1, 0.15) is 58.1 Å². The van der Waals surface area contributed by atoms with Crippen molar-refractivity contribution in [3.05, 3.63) is 77.9 Å². The second-order valence-corrected chi connectivity index (χ2v) is 14.2. The first kappa shape index (κ1) is 24.1. The van der Waals surface area contributed by atoms with Crippen molar-refractivity contribution in [2.45, 2.75) is 70.6 Å². The topological polar surface area (TPSA) is 14.2 Å². The highest BCUT2D eigenvalue weighted by Crippen LogP contribution is 2.67. The van der Waals surface area contributed by atoms with E-state index in [2.05, 4.69) is 106 Å². The lowest BCUT2D eigenvalue weighted by Crippen LogP contribution is -2.16. The van der Waals surface area contributed by atoms with Crippen molar-refractivity contribution in [1.82, 2.24) is 4.57 Å². The van der Waals surface area contributed by atoms with E-state index < -0.39 is 10.0 Å². The Morgan fingerprint density at radius 3 is 2.31 bits per heavy atom. The van der Waals surface area contributed by atoms with Crippen LogP contribution in [0.3, 0.4) is 0 Å². The van der Waals surface area contributed by atoms with Gasteiger partial charge in [0, 0.05) is 39.4 Å². The minimum Gasteiger partial charge on any atom is -0.456 e. The number of allylic oxidation sites excluding steroid dienone is 1. The maximum absolute atomic E-state index is 6.96. The maximum Gasteiger partial charge on any atom is 0.141 e. The summed E-state index contributed by atoms with van der Waals surface area (Å²) in [7, 11) is -0.959. The SMILES string of the molecule is CC/C=C(\Oc1cc2c(cc1S1(C(C)C)CCCC1)c1cc(C)ccc1n2CC)c1ccccc1. The third kappa shape index (κ3) is 4.18. The summed E-state index contributed by atoms with van der Waals surface area (Å²) in [6.45, 7) is 12.5. The lowest BCUT2D eigenvalue weighted by molar-refractivity contribution is 0.500. The van der Waals surface area contributed by atoms with Gasteiger partial charge < -0.3 is 9.30 Å². The summed E-state index contributed by atoms with van der Waals surface area (Å²) in [6.07, 6.45) is 5.83. The minimum atomic E-state index is -0.959. The molecule has 2 nitrogen and oxygen atoms in total. The first-order chi connectivity index (χ1) is 17.0. The Labute approximate surface area is 212 Å². The van der Waals surface area contributed by atoms with Gasteiger partial charge in [-0.3, -0.25) is 0 Å². The smallest absolute Gasteiger partial charge is 0.141 e. The molecule has 1 aromatic heterocycles. The largest absolute Gasteiger partial charge is 0.456 e. The van der Waals surface area contributed by atoms with E-state index in [1.807, 2.05) is 0 Å². The molecule has 0 spiro atoms. The van der Waals surface area contributed by atoms with Crippen molar-refractivity contribution in [1.29, 1.82) is 0 Å². The standard InChI is InChI=1S/C32H39NOS/c1-6-13-30(25-14-9-8-10-15-25)34-31-22-29-27(21-32(31)35(23(3)4)18-11-12-19-35)26-20-24(5)16-17-28(26)33(29)7-2/h8-10,13-17,20-23H,6-7,11-12,18-19H2,1-5H3/b30-13-. The predicted molar refractivity (Wildman–Crippen MR) is 155 cm³/mol. The summed E-state index contributed by atoms with van der Waals surface area (Å²) in [5, 5.41) is 3.40. The number of ether oxygens (including phenoxy) is 1. The van der Waals surface area contributed by atoms with E-state index in [1.165, 1.54) is 56.6 Å². The Morgan fingerprint density at radius 1 is 0.943 bits per heavy atom. The molecule has 0 amide bonds. The van der Waals surface area contributed by atoms with Crippen LogP contribution < -0.4 is 4.74 Å². The molecule has 0 unspecified atom stereocenters. The fourth-order valence-corrected chi connectivity index (χ4v) is 10.2. The van der Waals surface area contributed by atoms with Crippen LogP contribution in [-0.4, -0.2) is 21.3 Å². The fraction of sp³-hybridized carbons (Fsp3) is 0.375. The fourth-order valence-electron chi connectivity index (χ4n) is 5.85. The van der Waals surface area contributed by atoms with Gasteiger partial charge in [-0.15, -0.1) is 0 Å². The number of aryl methyl sites for hydroxylation is 2. The zero-order valence-corrected chi connectivity index (χ0v) is 22.8. The number of rotatable bonds is 7. The summed E-state index contributed by atoms with van der Waals surface area (Å²) in [4.78, 5) is 1.48. The van der Waals surface area contributed by atoms with E-state index in [0.717, 1.165) is 30.0 Å². The molecule has 1 aliphatic heterocycles. The summed E-state index contributed by atoms with van der Waals surface area (Å²) < 4.78 is 9.41. The molecule has 4 aromatic rings. The third-order valence-corrected chi connectivity index (χ3v) is 12.7. The maximum atomic E-state index is 6.96. The van der Waals surface area contributed by atoms with Crippen molar-refractivity contribution < 1.29 is 4.74 Å². The molecule has 184 valence electrons. The van der Waals surface area contributed by atoms with Gasteiger partial charge in [-0.2, -0.15) is 0 Å². The van der Waals surface area contributed by atoms with Crippen molar-refractivity contribution in [2.24, 2.45) is 0 Å². The highest BCUT2D eigenvalue weighted by molar-refractivity contribution is 8.34. The molecule has 0 atom stereocenters. The Balaban J connectivity index is 1.79. The van der Waals surface area contributed by atoms with Gasteiger partial charge in [0.05, 0.1) is 5.52 Å².